The molecular formula is C17H24FN3. The van der Waals surface area contributed by atoms with Crippen LogP contribution in [-0.2, 0) is 0 Å². The Kier molecular flexibility index (Phi) is 5.19. The van der Waals surface area contributed by atoms with E-state index in [4.69, 9.17) is 5.26 Å². The minimum Gasteiger partial charge on any atom is -0.380 e. The Morgan fingerprint density at radius 2 is 2.05 bits per heavy atom. The van der Waals surface area contributed by atoms with Gasteiger partial charge in [0.2, 0.25) is 0 Å². The molecule has 0 saturated carbocycles. The molecule has 0 amide bonds. The molecule has 3 atom stereocenters. The summed E-state index contributed by atoms with van der Waals surface area (Å²) >= 11 is 0. The third-order valence-corrected chi connectivity index (χ3v) is 4.00. The third kappa shape index (κ3) is 4.18. The van der Waals surface area contributed by atoms with Crippen molar-refractivity contribution in [3.05, 3.63) is 29.6 Å². The van der Waals surface area contributed by atoms with Crippen molar-refractivity contribution in [2.45, 2.75) is 33.2 Å². The summed E-state index contributed by atoms with van der Waals surface area (Å²) in [5.41, 5.74) is 0.688. The molecule has 1 saturated heterocycles. The fourth-order valence-corrected chi connectivity index (χ4v) is 3.40. The van der Waals surface area contributed by atoms with Crippen molar-refractivity contribution in [1.82, 2.24) is 4.90 Å². The van der Waals surface area contributed by atoms with Crippen molar-refractivity contribution >= 4 is 5.69 Å². The van der Waals surface area contributed by atoms with Crippen LogP contribution in [0.15, 0.2) is 18.2 Å². The molecule has 1 fully saturated rings. The maximum absolute atomic E-state index is 13.6. The number of hydrogen-bond donors (Lipinski definition) is 1. The number of hydrogen-bond acceptors (Lipinski definition) is 3. The summed E-state index contributed by atoms with van der Waals surface area (Å²) in [5, 5.41) is 12.3. The lowest BCUT2D eigenvalue weighted by molar-refractivity contribution is 0.138. The number of piperidine rings is 1. The van der Waals surface area contributed by atoms with Crippen LogP contribution >= 0.6 is 0 Å². The fourth-order valence-electron chi connectivity index (χ4n) is 3.40. The average molecular weight is 289 g/mol. The van der Waals surface area contributed by atoms with Crippen molar-refractivity contribution in [1.29, 1.82) is 5.26 Å². The highest BCUT2D eigenvalue weighted by atomic mass is 19.1. The van der Waals surface area contributed by atoms with E-state index in [1.807, 2.05) is 6.07 Å². The van der Waals surface area contributed by atoms with Crippen LogP contribution in [0, 0.1) is 29.0 Å². The molecule has 0 radical (unpaired) electrons. The second kappa shape index (κ2) is 6.91. The monoisotopic (exact) mass is 289 g/mol. The number of rotatable bonds is 4. The molecule has 2 rings (SSSR count). The fraction of sp³-hybridized carbons (Fsp3) is 0.588. The zero-order valence-electron chi connectivity index (χ0n) is 13.1. The molecule has 1 aliphatic heterocycles. The van der Waals surface area contributed by atoms with E-state index in [9.17, 15) is 4.39 Å². The molecule has 0 aromatic heterocycles. The number of nitriles is 1. The lowest BCUT2D eigenvalue weighted by Gasteiger charge is -2.36. The summed E-state index contributed by atoms with van der Waals surface area (Å²) in [6, 6.07) is 6.83. The van der Waals surface area contributed by atoms with Gasteiger partial charge in [-0.25, -0.2) is 4.39 Å². The second-order valence-corrected chi connectivity index (χ2v) is 6.48. The van der Waals surface area contributed by atoms with Gasteiger partial charge in [-0.15, -0.1) is 0 Å². The Balaban J connectivity index is 1.97. The van der Waals surface area contributed by atoms with E-state index in [2.05, 4.69) is 31.0 Å². The first-order valence-corrected chi connectivity index (χ1v) is 7.67. The molecule has 4 heteroatoms. The summed E-state index contributed by atoms with van der Waals surface area (Å²) in [7, 11) is 0. The third-order valence-electron chi connectivity index (χ3n) is 4.00. The molecular weight excluding hydrogens is 265 g/mol. The van der Waals surface area contributed by atoms with Crippen LogP contribution in [0.3, 0.4) is 0 Å². The van der Waals surface area contributed by atoms with E-state index in [1.54, 1.807) is 12.1 Å². The first kappa shape index (κ1) is 15.8. The molecule has 3 unspecified atom stereocenters. The van der Waals surface area contributed by atoms with Gasteiger partial charge in [0.1, 0.15) is 17.4 Å². The Labute approximate surface area is 126 Å². The van der Waals surface area contributed by atoms with Crippen LogP contribution in [0.5, 0.6) is 0 Å². The molecule has 114 valence electrons. The molecule has 0 bridgehead atoms. The van der Waals surface area contributed by atoms with Crippen LogP contribution in [0.1, 0.15) is 32.8 Å². The summed E-state index contributed by atoms with van der Waals surface area (Å²) in [4.78, 5) is 2.46. The summed E-state index contributed by atoms with van der Waals surface area (Å²) in [6.45, 7) is 9.81. The van der Waals surface area contributed by atoms with Crippen LogP contribution < -0.4 is 5.32 Å². The maximum Gasteiger partial charge on any atom is 0.143 e. The highest BCUT2D eigenvalue weighted by molar-refractivity contribution is 5.58. The minimum absolute atomic E-state index is 0.102. The minimum atomic E-state index is -0.463. The largest absolute Gasteiger partial charge is 0.380 e. The van der Waals surface area contributed by atoms with E-state index >= 15 is 0 Å². The SMILES string of the molecule is CC1CC(C)CN(CC(C)Nc2cccc(F)c2C#N)C1. The van der Waals surface area contributed by atoms with Gasteiger partial charge in [-0.2, -0.15) is 5.26 Å². The van der Waals surface area contributed by atoms with Gasteiger partial charge < -0.3 is 10.2 Å². The normalized spacial score (nSPS) is 24.3. The molecule has 3 nitrogen and oxygen atoms in total. The molecule has 1 heterocycles. The van der Waals surface area contributed by atoms with E-state index in [0.717, 1.165) is 31.5 Å². The van der Waals surface area contributed by atoms with Crippen LogP contribution in [-0.4, -0.2) is 30.6 Å². The number of benzene rings is 1. The Hall–Kier alpha value is -1.60. The van der Waals surface area contributed by atoms with Crippen molar-refractivity contribution in [3.8, 4) is 6.07 Å². The van der Waals surface area contributed by atoms with Gasteiger partial charge in [0.25, 0.3) is 0 Å². The summed E-state index contributed by atoms with van der Waals surface area (Å²) < 4.78 is 13.6. The Morgan fingerprint density at radius 1 is 1.38 bits per heavy atom. The van der Waals surface area contributed by atoms with Gasteiger partial charge in [0, 0.05) is 25.7 Å². The van der Waals surface area contributed by atoms with E-state index < -0.39 is 5.82 Å². The smallest absolute Gasteiger partial charge is 0.143 e. The lowest BCUT2D eigenvalue weighted by atomic mass is 9.92. The van der Waals surface area contributed by atoms with E-state index in [1.165, 1.54) is 12.5 Å². The zero-order valence-corrected chi connectivity index (χ0v) is 13.1. The Bertz CT molecular complexity index is 513. The summed E-state index contributed by atoms with van der Waals surface area (Å²) in [6.07, 6.45) is 1.29. The highest BCUT2D eigenvalue weighted by Crippen LogP contribution is 2.22. The van der Waals surface area contributed by atoms with Gasteiger partial charge in [-0.3, -0.25) is 0 Å². The molecule has 0 spiro atoms. The van der Waals surface area contributed by atoms with Gasteiger partial charge in [0.05, 0.1) is 5.69 Å². The van der Waals surface area contributed by atoms with Crippen molar-refractivity contribution in [3.63, 3.8) is 0 Å². The van der Waals surface area contributed by atoms with Crippen molar-refractivity contribution in [2.24, 2.45) is 11.8 Å². The topological polar surface area (TPSA) is 39.1 Å². The van der Waals surface area contributed by atoms with Gasteiger partial charge >= 0.3 is 0 Å². The van der Waals surface area contributed by atoms with E-state index in [0.29, 0.717) is 5.69 Å². The summed E-state index contributed by atoms with van der Waals surface area (Å²) in [5.74, 6) is 0.990. The van der Waals surface area contributed by atoms with E-state index in [-0.39, 0.29) is 11.6 Å². The molecule has 1 aromatic rings. The first-order chi connectivity index (χ1) is 9.99. The number of anilines is 1. The zero-order chi connectivity index (χ0) is 15.4. The van der Waals surface area contributed by atoms with Gasteiger partial charge in [0.15, 0.2) is 0 Å². The molecule has 0 aliphatic carbocycles. The number of likely N-dealkylation sites (tertiary alicyclic amines) is 1. The standard InChI is InChI=1S/C17H24FN3/c1-12-7-13(2)10-21(9-12)11-14(3)20-17-6-4-5-16(18)15(17)8-19/h4-6,12-14,20H,7,9-11H2,1-3H3. The van der Waals surface area contributed by atoms with Gasteiger partial charge in [-0.05, 0) is 37.3 Å². The Morgan fingerprint density at radius 3 is 2.67 bits per heavy atom. The molecule has 1 aromatic carbocycles. The number of halogens is 1. The van der Waals surface area contributed by atoms with Crippen LogP contribution in [0.2, 0.25) is 0 Å². The molecule has 1 N–H and O–H groups in total. The van der Waals surface area contributed by atoms with Gasteiger partial charge in [-0.1, -0.05) is 19.9 Å². The first-order valence-electron chi connectivity index (χ1n) is 7.67. The van der Waals surface area contributed by atoms with Crippen molar-refractivity contribution in [2.75, 3.05) is 25.0 Å². The number of nitrogens with zero attached hydrogens (tertiary/aromatic N) is 2. The lowest BCUT2D eigenvalue weighted by Crippen LogP contribution is -2.43. The van der Waals surface area contributed by atoms with Crippen LogP contribution in [0.25, 0.3) is 0 Å². The predicted molar refractivity (Wildman–Crippen MR) is 83.6 cm³/mol. The molecule has 1 aliphatic rings. The highest BCUT2D eigenvalue weighted by Gasteiger charge is 2.23. The predicted octanol–water partition coefficient (Wildman–Crippen LogP) is 3.48. The quantitative estimate of drug-likeness (QED) is 0.922. The van der Waals surface area contributed by atoms with Crippen molar-refractivity contribution < 1.29 is 4.39 Å². The number of nitrogens with one attached hydrogen (secondary N) is 1. The van der Waals surface area contributed by atoms with Crippen LogP contribution in [0.4, 0.5) is 10.1 Å². The maximum atomic E-state index is 13.6. The molecule has 21 heavy (non-hydrogen) atoms. The second-order valence-electron chi connectivity index (χ2n) is 6.48. The average Bonchev–Trinajstić information content (AvgIpc) is 2.37.